The van der Waals surface area contributed by atoms with E-state index in [0.717, 1.165) is 0 Å². The van der Waals surface area contributed by atoms with Crippen LogP contribution in [-0.2, 0) is 16.5 Å². The van der Waals surface area contributed by atoms with Crippen molar-refractivity contribution in [2.45, 2.75) is 0 Å². The molecular weight excluding hydrogens is 107 g/mol. The summed E-state index contributed by atoms with van der Waals surface area (Å²) in [5, 5.41) is 0. The summed E-state index contributed by atoms with van der Waals surface area (Å²) in [6.45, 7) is 9.44. The van der Waals surface area contributed by atoms with Gasteiger partial charge in [-0.25, -0.2) is 0 Å². The van der Waals surface area contributed by atoms with E-state index in [-0.39, 0.29) is 16.5 Å². The zero-order chi connectivity index (χ0) is 3.41. The summed E-state index contributed by atoms with van der Waals surface area (Å²) in [4.78, 5) is 0. The smallest absolute Gasteiger partial charge is 0.394 e. The summed E-state index contributed by atoms with van der Waals surface area (Å²) >= 11 is 0. The van der Waals surface area contributed by atoms with Crippen molar-refractivity contribution < 1.29 is 16.5 Å². The van der Waals surface area contributed by atoms with Crippen LogP contribution < -0.4 is 0 Å². The third kappa shape index (κ3) is 16.3. The molecule has 0 atom stereocenters. The van der Waals surface area contributed by atoms with E-state index in [1.165, 1.54) is 12.2 Å². The van der Waals surface area contributed by atoms with E-state index in [0.29, 0.717) is 0 Å². The molecule has 0 aliphatic heterocycles. The minimum atomic E-state index is 0. The van der Waals surface area contributed by atoms with Crippen LogP contribution in [-0.4, -0.2) is 0 Å². The van der Waals surface area contributed by atoms with Crippen LogP contribution in [0.2, 0.25) is 0 Å². The molecule has 0 rings (SSSR count). The fraction of sp³-hybridized carbons (Fsp3) is 0. The molecule has 1 heteroatoms. The number of rotatable bonds is 1. The molecule has 0 N–H and O–H groups in total. The SMILES string of the molecule is [CH-]=CC=[CH-].[Ni+2]. The minimum absolute atomic E-state index is 0. The van der Waals surface area contributed by atoms with E-state index in [1.54, 1.807) is 0 Å². The first kappa shape index (κ1) is 8.88. The first-order valence-electron chi connectivity index (χ1n) is 1.00. The van der Waals surface area contributed by atoms with Crippen molar-refractivity contribution in [3.63, 3.8) is 0 Å². The van der Waals surface area contributed by atoms with E-state index in [1.807, 2.05) is 0 Å². The Kier molecular flexibility index (Phi) is 16.0. The normalized spacial score (nSPS) is 4.00. The summed E-state index contributed by atoms with van der Waals surface area (Å²) in [6, 6.07) is 0. The molecule has 0 amide bonds. The average molecular weight is 111 g/mol. The second-order valence-electron chi connectivity index (χ2n) is 0.385. The van der Waals surface area contributed by atoms with Gasteiger partial charge in [0.1, 0.15) is 0 Å². The van der Waals surface area contributed by atoms with Gasteiger partial charge in [-0.05, 0) is 0 Å². The number of allylic oxidation sites excluding steroid dienone is 2. The Bertz CT molecular complexity index is 24.6. The van der Waals surface area contributed by atoms with E-state index in [4.69, 9.17) is 13.2 Å². The molecule has 0 radical (unpaired) electrons. The predicted molar refractivity (Wildman–Crippen MR) is 17.7 cm³/mol. The van der Waals surface area contributed by atoms with Crippen LogP contribution in [0.3, 0.4) is 0 Å². The van der Waals surface area contributed by atoms with Gasteiger partial charge in [-0.3, -0.25) is 0 Å². The molecule has 0 nitrogen and oxygen atoms in total. The maximum absolute atomic E-state index is 4.72. The Morgan fingerprint density at radius 1 is 1.00 bits per heavy atom. The van der Waals surface area contributed by atoms with Gasteiger partial charge in [-0.1, -0.05) is 0 Å². The van der Waals surface area contributed by atoms with Crippen LogP contribution in [0.5, 0.6) is 0 Å². The summed E-state index contributed by atoms with van der Waals surface area (Å²) in [5.41, 5.74) is 0. The van der Waals surface area contributed by atoms with E-state index < -0.39 is 0 Å². The Labute approximate surface area is 42.5 Å². The number of hydrogen-bond acceptors (Lipinski definition) is 0. The zero-order valence-electron chi connectivity index (χ0n) is 2.63. The third-order valence-electron chi connectivity index (χ3n) is 0.111. The summed E-state index contributed by atoms with van der Waals surface area (Å²) in [5.74, 6) is 0. The van der Waals surface area contributed by atoms with Gasteiger partial charge in [0.05, 0.1) is 0 Å². The van der Waals surface area contributed by atoms with Crippen molar-refractivity contribution in [2.75, 3.05) is 0 Å². The Morgan fingerprint density at radius 2 is 1.20 bits per heavy atom. The van der Waals surface area contributed by atoms with Crippen molar-refractivity contribution in [3.8, 4) is 0 Å². The fourth-order valence-electron chi connectivity index (χ4n) is 0. The molecule has 0 aromatic carbocycles. The Hall–Kier alpha value is -0.0265. The Morgan fingerprint density at radius 3 is 1.20 bits per heavy atom. The zero-order valence-corrected chi connectivity index (χ0v) is 3.61. The molecular formula is C4H4Ni. The van der Waals surface area contributed by atoms with Gasteiger partial charge in [0.25, 0.3) is 0 Å². The second-order valence-corrected chi connectivity index (χ2v) is 0.385. The molecule has 0 aliphatic rings. The van der Waals surface area contributed by atoms with E-state index in [2.05, 4.69) is 0 Å². The van der Waals surface area contributed by atoms with E-state index >= 15 is 0 Å². The topological polar surface area (TPSA) is 0 Å². The molecule has 0 saturated heterocycles. The van der Waals surface area contributed by atoms with Crippen LogP contribution in [0, 0.1) is 13.2 Å². The molecule has 30 valence electrons. The fourth-order valence-corrected chi connectivity index (χ4v) is 0. The monoisotopic (exact) mass is 110 g/mol. The predicted octanol–water partition coefficient (Wildman–Crippen LogP) is 0.962. The number of hydrogen-bond donors (Lipinski definition) is 0. The van der Waals surface area contributed by atoms with Gasteiger partial charge in [0.15, 0.2) is 0 Å². The molecule has 0 spiro atoms. The van der Waals surface area contributed by atoms with Crippen molar-refractivity contribution in [2.24, 2.45) is 0 Å². The van der Waals surface area contributed by atoms with Crippen molar-refractivity contribution in [1.82, 2.24) is 0 Å². The third-order valence-corrected chi connectivity index (χ3v) is 0.111. The van der Waals surface area contributed by atoms with Crippen LogP contribution in [0.1, 0.15) is 0 Å². The van der Waals surface area contributed by atoms with Gasteiger partial charge in [0.2, 0.25) is 0 Å². The van der Waals surface area contributed by atoms with Crippen LogP contribution in [0.25, 0.3) is 0 Å². The average Bonchev–Trinajstić information content (AvgIpc) is 1.37. The molecule has 0 fully saturated rings. The van der Waals surface area contributed by atoms with Gasteiger partial charge < -0.3 is 25.3 Å². The van der Waals surface area contributed by atoms with Crippen molar-refractivity contribution in [3.05, 3.63) is 25.3 Å². The van der Waals surface area contributed by atoms with E-state index in [9.17, 15) is 0 Å². The first-order chi connectivity index (χ1) is 1.91. The summed E-state index contributed by atoms with van der Waals surface area (Å²) in [7, 11) is 0. The largest absolute Gasteiger partial charge is 2.00 e. The minimum Gasteiger partial charge on any atom is -0.394 e. The molecule has 5 heavy (non-hydrogen) atoms. The Balaban J connectivity index is 0. The standard InChI is InChI=1S/C4H4.Ni/c1-3-4-2;/h1-4H;/q-2;+2. The van der Waals surface area contributed by atoms with Crippen LogP contribution in [0.4, 0.5) is 0 Å². The second kappa shape index (κ2) is 9.02. The van der Waals surface area contributed by atoms with Gasteiger partial charge in [-0.2, -0.15) is 0 Å². The van der Waals surface area contributed by atoms with Crippen LogP contribution >= 0.6 is 0 Å². The van der Waals surface area contributed by atoms with Crippen molar-refractivity contribution >= 4 is 0 Å². The molecule has 0 unspecified atom stereocenters. The van der Waals surface area contributed by atoms with Crippen LogP contribution in [0.15, 0.2) is 12.2 Å². The molecule has 0 saturated carbocycles. The summed E-state index contributed by atoms with van der Waals surface area (Å²) < 4.78 is 0. The van der Waals surface area contributed by atoms with Gasteiger partial charge in [-0.15, -0.1) is 0 Å². The molecule has 0 aromatic rings. The maximum atomic E-state index is 4.72. The molecule has 0 aliphatic carbocycles. The van der Waals surface area contributed by atoms with Gasteiger partial charge >= 0.3 is 16.5 Å². The molecule has 0 aromatic heterocycles. The summed E-state index contributed by atoms with van der Waals surface area (Å²) in [6.07, 6.45) is 2.56. The van der Waals surface area contributed by atoms with Gasteiger partial charge in [0, 0.05) is 0 Å². The first-order valence-corrected chi connectivity index (χ1v) is 1.00. The van der Waals surface area contributed by atoms with Crippen molar-refractivity contribution in [1.29, 1.82) is 0 Å². The quantitative estimate of drug-likeness (QED) is 0.268. The molecule has 0 heterocycles. The molecule has 0 bridgehead atoms. The maximum Gasteiger partial charge on any atom is 2.00 e.